The van der Waals surface area contributed by atoms with Crippen molar-refractivity contribution < 1.29 is 27.4 Å². The van der Waals surface area contributed by atoms with Crippen molar-refractivity contribution in [3.8, 4) is 34.8 Å². The van der Waals surface area contributed by atoms with E-state index in [4.69, 9.17) is 14.2 Å². The molecule has 0 unspecified atom stereocenters. The number of rotatable bonds is 13. The van der Waals surface area contributed by atoms with Gasteiger partial charge in [0.2, 0.25) is 17.5 Å². The quantitative estimate of drug-likeness (QED) is 0.146. The summed E-state index contributed by atoms with van der Waals surface area (Å²) in [4.78, 5) is 30.2. The first-order chi connectivity index (χ1) is 23.4. The molecule has 2 heterocycles. The molecule has 1 amide bonds. The second-order valence-corrected chi connectivity index (χ2v) is 13.7. The van der Waals surface area contributed by atoms with Crippen molar-refractivity contribution in [2.45, 2.75) is 51.0 Å². The largest absolute Gasteiger partial charge is 0.493 e. The monoisotopic (exact) mass is 682 g/mol. The minimum atomic E-state index is -4.20. The van der Waals surface area contributed by atoms with Gasteiger partial charge in [-0.25, -0.2) is 23.4 Å². The van der Waals surface area contributed by atoms with Crippen LogP contribution in [0.15, 0.2) is 96.2 Å². The van der Waals surface area contributed by atoms with Gasteiger partial charge in [-0.2, -0.15) is 4.98 Å². The van der Waals surface area contributed by atoms with Crippen LogP contribution in [0.4, 0.5) is 5.82 Å². The molecule has 0 aliphatic rings. The highest BCUT2D eigenvalue weighted by atomic mass is 32.2. The van der Waals surface area contributed by atoms with Crippen molar-refractivity contribution in [3.05, 3.63) is 108 Å². The number of hydrogen-bond donors (Lipinski definition) is 2. The van der Waals surface area contributed by atoms with Crippen LogP contribution in [0.1, 0.15) is 43.9 Å². The molecular weight excluding hydrogens is 644 g/mol. The fourth-order valence-electron chi connectivity index (χ4n) is 4.67. The number of methoxy groups -OCH3 is 1. The van der Waals surface area contributed by atoms with E-state index in [2.05, 4.69) is 30.0 Å². The third-order valence-electron chi connectivity index (χ3n) is 7.45. The molecule has 13 heteroatoms. The molecular formula is C36H38N6O6S. The maximum absolute atomic E-state index is 13.8. The summed E-state index contributed by atoms with van der Waals surface area (Å²) in [6, 6.07) is 22.8. The van der Waals surface area contributed by atoms with Crippen molar-refractivity contribution >= 4 is 21.7 Å². The number of nitrogens with one attached hydrogen (secondary N) is 2. The van der Waals surface area contributed by atoms with Crippen LogP contribution in [0, 0.1) is 6.92 Å². The Morgan fingerprint density at radius 3 is 2.18 bits per heavy atom. The summed E-state index contributed by atoms with van der Waals surface area (Å²) in [6.45, 7) is 8.34. The zero-order valence-electron chi connectivity index (χ0n) is 27.9. The Morgan fingerprint density at radius 1 is 0.837 bits per heavy atom. The van der Waals surface area contributed by atoms with E-state index in [1.807, 2.05) is 52.0 Å². The lowest BCUT2D eigenvalue weighted by atomic mass is 9.87. The molecule has 5 aromatic rings. The molecule has 0 atom stereocenters. The number of aryl methyl sites for hydroxylation is 1. The molecule has 49 heavy (non-hydrogen) atoms. The summed E-state index contributed by atoms with van der Waals surface area (Å²) in [5, 5.41) is 2.90. The lowest BCUT2D eigenvalue weighted by molar-refractivity contribution is -0.121. The number of ether oxygens (including phenoxy) is 3. The number of aromatic nitrogens is 4. The van der Waals surface area contributed by atoms with Gasteiger partial charge in [0.05, 0.1) is 25.0 Å². The van der Waals surface area contributed by atoms with Gasteiger partial charge in [0.15, 0.2) is 23.1 Å². The number of anilines is 1. The number of carbonyl (C=O) groups is 1. The number of amides is 1. The number of hydrogen-bond acceptors (Lipinski definition) is 10. The molecule has 0 saturated carbocycles. The molecule has 254 valence electrons. The molecule has 0 spiro atoms. The van der Waals surface area contributed by atoms with E-state index >= 15 is 0 Å². The molecule has 0 radical (unpaired) electrons. The highest BCUT2D eigenvalue weighted by Crippen LogP contribution is 2.41. The topological polar surface area (TPSA) is 155 Å². The predicted octanol–water partition coefficient (Wildman–Crippen LogP) is 6.23. The molecule has 2 aromatic heterocycles. The van der Waals surface area contributed by atoms with E-state index in [0.717, 1.165) is 16.7 Å². The first kappa shape index (κ1) is 34.8. The molecule has 0 aliphatic carbocycles. The van der Waals surface area contributed by atoms with Gasteiger partial charge >= 0.3 is 0 Å². The van der Waals surface area contributed by atoms with E-state index in [-0.39, 0.29) is 64.1 Å². The summed E-state index contributed by atoms with van der Waals surface area (Å²) in [6.07, 6.45) is 2.98. The van der Waals surface area contributed by atoms with E-state index in [1.54, 1.807) is 42.5 Å². The second-order valence-electron chi connectivity index (χ2n) is 12.0. The second kappa shape index (κ2) is 15.1. The van der Waals surface area contributed by atoms with Gasteiger partial charge < -0.3 is 19.5 Å². The average Bonchev–Trinajstić information content (AvgIpc) is 3.09. The summed E-state index contributed by atoms with van der Waals surface area (Å²) in [5.41, 5.74) is 2.86. The fraction of sp³-hybridized carbons (Fsp3) is 0.250. The van der Waals surface area contributed by atoms with Crippen LogP contribution in [0.2, 0.25) is 0 Å². The van der Waals surface area contributed by atoms with Gasteiger partial charge in [-0.05, 0) is 59.4 Å². The normalized spacial score (nSPS) is 11.4. The third-order valence-corrected chi connectivity index (χ3v) is 8.80. The smallest absolute Gasteiger partial charge is 0.263 e. The highest BCUT2D eigenvalue weighted by molar-refractivity contribution is 7.92. The Kier molecular flexibility index (Phi) is 10.7. The number of nitrogens with zero attached hydrogens (tertiary/aromatic N) is 4. The summed E-state index contributed by atoms with van der Waals surface area (Å²) < 4.78 is 47.9. The lowest BCUT2D eigenvalue weighted by Gasteiger charge is -2.20. The molecule has 0 fully saturated rings. The van der Waals surface area contributed by atoms with Crippen LogP contribution in [0.5, 0.6) is 23.1 Å². The van der Waals surface area contributed by atoms with Crippen LogP contribution in [-0.2, 0) is 26.8 Å². The first-order valence-electron chi connectivity index (χ1n) is 15.5. The molecule has 0 bridgehead atoms. The summed E-state index contributed by atoms with van der Waals surface area (Å²) >= 11 is 0. The van der Waals surface area contributed by atoms with Crippen LogP contribution < -0.4 is 24.2 Å². The number of para-hydroxylation sites is 2. The number of benzene rings is 3. The molecule has 0 saturated heterocycles. The Morgan fingerprint density at radius 2 is 1.51 bits per heavy atom. The zero-order chi connectivity index (χ0) is 35.0. The predicted molar refractivity (Wildman–Crippen MR) is 185 cm³/mol. The minimum Gasteiger partial charge on any atom is -0.493 e. The SMILES string of the molecule is COc1ccccc1Oc1c(NS(=O)(=O)c2ccc(C(C)(C)C)cc2)nc(-c2ncccn2)nc1OCCC(=O)NCc1ccccc1C. The van der Waals surface area contributed by atoms with Crippen LogP contribution in [-0.4, -0.2) is 48.0 Å². The maximum Gasteiger partial charge on any atom is 0.263 e. The van der Waals surface area contributed by atoms with Crippen molar-refractivity contribution in [1.82, 2.24) is 25.3 Å². The minimum absolute atomic E-state index is 0.00709. The first-order valence-corrected chi connectivity index (χ1v) is 17.0. The summed E-state index contributed by atoms with van der Waals surface area (Å²) in [7, 11) is -2.73. The molecule has 2 N–H and O–H groups in total. The van der Waals surface area contributed by atoms with Crippen molar-refractivity contribution in [3.63, 3.8) is 0 Å². The lowest BCUT2D eigenvalue weighted by Crippen LogP contribution is -2.25. The van der Waals surface area contributed by atoms with Gasteiger partial charge in [-0.3, -0.25) is 9.52 Å². The van der Waals surface area contributed by atoms with Crippen LogP contribution in [0.3, 0.4) is 0 Å². The average molecular weight is 683 g/mol. The van der Waals surface area contributed by atoms with Gasteiger partial charge in [-0.1, -0.05) is 69.3 Å². The summed E-state index contributed by atoms with van der Waals surface area (Å²) in [5.74, 6) is -0.0951. The molecule has 3 aromatic carbocycles. The van der Waals surface area contributed by atoms with Gasteiger partial charge in [-0.15, -0.1) is 0 Å². The van der Waals surface area contributed by atoms with Crippen molar-refractivity contribution in [2.24, 2.45) is 0 Å². The van der Waals surface area contributed by atoms with Gasteiger partial charge in [0, 0.05) is 18.9 Å². The third kappa shape index (κ3) is 8.87. The van der Waals surface area contributed by atoms with E-state index in [9.17, 15) is 13.2 Å². The molecule has 12 nitrogen and oxygen atoms in total. The fourth-order valence-corrected chi connectivity index (χ4v) is 5.67. The van der Waals surface area contributed by atoms with Crippen molar-refractivity contribution in [2.75, 3.05) is 18.4 Å². The highest BCUT2D eigenvalue weighted by Gasteiger charge is 2.26. The van der Waals surface area contributed by atoms with Crippen molar-refractivity contribution in [1.29, 1.82) is 0 Å². The Labute approximate surface area is 286 Å². The maximum atomic E-state index is 13.8. The van der Waals surface area contributed by atoms with E-state index in [1.165, 1.54) is 31.6 Å². The molecule has 5 rings (SSSR count). The Balaban J connectivity index is 1.51. The Hall–Kier alpha value is -5.56. The van der Waals surface area contributed by atoms with E-state index in [0.29, 0.717) is 12.3 Å². The Bertz CT molecular complexity index is 2020. The number of carbonyl (C=O) groups excluding carboxylic acids is 1. The van der Waals surface area contributed by atoms with Gasteiger partial charge in [0.1, 0.15) is 0 Å². The zero-order valence-corrected chi connectivity index (χ0v) is 28.7. The van der Waals surface area contributed by atoms with Gasteiger partial charge in [0.25, 0.3) is 15.9 Å². The number of sulfonamides is 1. The van der Waals surface area contributed by atoms with E-state index < -0.39 is 10.0 Å². The molecule has 0 aliphatic heterocycles. The van der Waals surface area contributed by atoms with Crippen LogP contribution >= 0.6 is 0 Å². The standard InChI is InChI=1S/C36H38N6O6S/c1-24-11-6-7-12-25(24)23-39-30(43)19-22-47-35-31(48-29-14-9-8-13-28(29)46-5)32(40-34(41-35)33-37-20-10-21-38-33)42-49(44,45)27-17-15-26(16-18-27)36(2,3)4/h6-18,20-21H,19,22-23H2,1-5H3,(H,39,43)(H,40,41,42). The van der Waals surface area contributed by atoms with Crippen LogP contribution in [0.25, 0.3) is 11.6 Å².